The summed E-state index contributed by atoms with van der Waals surface area (Å²) in [6.07, 6.45) is 1.34. The molecular formula is C15H15BrO3S. The van der Waals surface area contributed by atoms with E-state index in [9.17, 15) is 8.42 Å². The molecule has 2 fully saturated rings. The predicted octanol–water partition coefficient (Wildman–Crippen LogP) is 3.68. The van der Waals surface area contributed by atoms with Crippen molar-refractivity contribution in [2.45, 2.75) is 23.8 Å². The molecule has 2 aliphatic rings. The number of hydrogen-bond donors (Lipinski definition) is 0. The van der Waals surface area contributed by atoms with Crippen LogP contribution >= 0.6 is 15.9 Å². The van der Waals surface area contributed by atoms with Crippen LogP contribution in [0.2, 0.25) is 0 Å². The van der Waals surface area contributed by atoms with E-state index < -0.39 is 10.1 Å². The molecule has 20 heavy (non-hydrogen) atoms. The molecule has 1 aromatic carbocycles. The van der Waals surface area contributed by atoms with E-state index >= 15 is 0 Å². The normalized spacial score (nSPS) is 29.1. The molecule has 106 valence electrons. The third-order valence-electron chi connectivity index (χ3n) is 4.21. The van der Waals surface area contributed by atoms with Gasteiger partial charge in [0.15, 0.2) is 0 Å². The third-order valence-corrected chi connectivity index (χ3v) is 6.09. The van der Waals surface area contributed by atoms with Gasteiger partial charge in [-0.05, 0) is 54.2 Å². The fraction of sp³-hybridized carbons (Fsp3) is 0.333. The molecule has 0 aliphatic heterocycles. The van der Waals surface area contributed by atoms with E-state index in [-0.39, 0.29) is 16.9 Å². The molecule has 0 spiro atoms. The second-order valence-corrected chi connectivity index (χ2v) is 7.86. The molecule has 0 unspecified atom stereocenters. The molecule has 1 aromatic rings. The van der Waals surface area contributed by atoms with E-state index in [4.69, 9.17) is 4.18 Å². The lowest BCUT2D eigenvalue weighted by molar-refractivity contribution is 0.176. The lowest BCUT2D eigenvalue weighted by Crippen LogP contribution is -2.26. The molecule has 0 heterocycles. The highest BCUT2D eigenvalue weighted by Gasteiger charge is 2.47. The Bertz CT molecular complexity index is 676. The lowest BCUT2D eigenvalue weighted by Gasteiger charge is -2.24. The molecule has 0 radical (unpaired) electrons. The van der Waals surface area contributed by atoms with E-state index in [2.05, 4.69) is 29.1 Å². The van der Waals surface area contributed by atoms with Crippen molar-refractivity contribution in [1.82, 2.24) is 0 Å². The summed E-state index contributed by atoms with van der Waals surface area (Å²) in [6, 6.07) is 6.47. The maximum Gasteiger partial charge on any atom is 0.297 e. The molecule has 0 amide bonds. The average molecular weight is 355 g/mol. The Labute approximate surface area is 127 Å². The molecule has 0 N–H and O–H groups in total. The predicted molar refractivity (Wildman–Crippen MR) is 80.7 cm³/mol. The highest BCUT2D eigenvalue weighted by molar-refractivity contribution is 9.10. The zero-order chi connectivity index (χ0) is 14.5. The van der Waals surface area contributed by atoms with Crippen LogP contribution in [0.15, 0.2) is 57.9 Å². The quantitative estimate of drug-likeness (QED) is 0.777. The van der Waals surface area contributed by atoms with Crippen molar-refractivity contribution in [3.63, 3.8) is 0 Å². The van der Waals surface area contributed by atoms with Gasteiger partial charge in [-0.25, -0.2) is 0 Å². The Kier molecular flexibility index (Phi) is 3.39. The minimum atomic E-state index is -3.72. The van der Waals surface area contributed by atoms with Crippen molar-refractivity contribution in [1.29, 1.82) is 0 Å². The van der Waals surface area contributed by atoms with Crippen molar-refractivity contribution in [3.8, 4) is 0 Å². The van der Waals surface area contributed by atoms with Gasteiger partial charge in [0.05, 0.1) is 11.0 Å². The first kappa shape index (κ1) is 14.0. The van der Waals surface area contributed by atoms with Crippen LogP contribution in [0.3, 0.4) is 0 Å². The van der Waals surface area contributed by atoms with Crippen LogP contribution < -0.4 is 0 Å². The van der Waals surface area contributed by atoms with Crippen LogP contribution in [-0.2, 0) is 14.3 Å². The molecule has 3 nitrogen and oxygen atoms in total. The highest BCUT2D eigenvalue weighted by atomic mass is 79.9. The first-order valence-corrected chi connectivity index (χ1v) is 8.65. The first-order chi connectivity index (χ1) is 9.38. The van der Waals surface area contributed by atoms with E-state index in [1.165, 1.54) is 0 Å². The van der Waals surface area contributed by atoms with Crippen molar-refractivity contribution in [2.24, 2.45) is 11.8 Å². The van der Waals surface area contributed by atoms with Gasteiger partial charge in [0.25, 0.3) is 10.1 Å². The standard InChI is InChI=1S/C15H15BrO3S/c1-9-10(2)14-7-11(9)8-15(14)19-20(17,18)13-5-3-12(16)4-6-13/h3-6,11,14-15H,1-2,7-8H2/t11-,14-,15+/m0/s1. The molecule has 2 bridgehead atoms. The SMILES string of the molecule is C=C1C(=C)[C@@H]2C[C@H]1C[C@H]2OS(=O)(=O)c1ccc(Br)cc1. The summed E-state index contributed by atoms with van der Waals surface area (Å²) in [6.45, 7) is 8.01. The van der Waals surface area contributed by atoms with Crippen LogP contribution in [0.4, 0.5) is 0 Å². The maximum absolute atomic E-state index is 12.3. The van der Waals surface area contributed by atoms with E-state index in [0.29, 0.717) is 5.92 Å². The summed E-state index contributed by atoms with van der Waals surface area (Å²) in [5.41, 5.74) is 2.02. The molecule has 5 heteroatoms. The molecule has 0 aromatic heterocycles. The maximum atomic E-state index is 12.3. The molecule has 2 aliphatic carbocycles. The number of halogens is 1. The number of hydrogen-bond acceptors (Lipinski definition) is 3. The van der Waals surface area contributed by atoms with E-state index in [0.717, 1.165) is 28.5 Å². The van der Waals surface area contributed by atoms with Crippen LogP contribution in [0.1, 0.15) is 12.8 Å². The Balaban J connectivity index is 1.80. The summed E-state index contributed by atoms with van der Waals surface area (Å²) in [5, 5.41) is 0. The third kappa shape index (κ3) is 2.28. The van der Waals surface area contributed by atoms with Gasteiger partial charge in [-0.15, -0.1) is 0 Å². The van der Waals surface area contributed by atoms with E-state index in [1.807, 2.05) is 0 Å². The van der Waals surface area contributed by atoms with Crippen LogP contribution in [0.25, 0.3) is 0 Å². The highest BCUT2D eigenvalue weighted by Crippen LogP contribution is 2.51. The van der Waals surface area contributed by atoms with Gasteiger partial charge >= 0.3 is 0 Å². The molecule has 2 saturated carbocycles. The van der Waals surface area contributed by atoms with Crippen LogP contribution in [0.5, 0.6) is 0 Å². The van der Waals surface area contributed by atoms with Gasteiger partial charge in [-0.1, -0.05) is 29.1 Å². The zero-order valence-electron chi connectivity index (χ0n) is 10.9. The Morgan fingerprint density at radius 3 is 2.30 bits per heavy atom. The van der Waals surface area contributed by atoms with Gasteiger partial charge in [-0.2, -0.15) is 8.42 Å². The van der Waals surface area contributed by atoms with Gasteiger partial charge in [0.2, 0.25) is 0 Å². The summed E-state index contributed by atoms with van der Waals surface area (Å²) in [4.78, 5) is 0.188. The van der Waals surface area contributed by atoms with Crippen molar-refractivity contribution in [2.75, 3.05) is 0 Å². The average Bonchev–Trinajstić information content (AvgIpc) is 2.90. The topological polar surface area (TPSA) is 43.4 Å². The summed E-state index contributed by atoms with van der Waals surface area (Å²) in [5.74, 6) is 0.426. The van der Waals surface area contributed by atoms with Crippen molar-refractivity contribution < 1.29 is 12.6 Å². The summed E-state index contributed by atoms with van der Waals surface area (Å²) in [7, 11) is -3.72. The number of allylic oxidation sites excluding steroid dienone is 1. The first-order valence-electron chi connectivity index (χ1n) is 6.45. The molecular weight excluding hydrogens is 340 g/mol. The Morgan fingerprint density at radius 2 is 1.75 bits per heavy atom. The van der Waals surface area contributed by atoms with Gasteiger partial charge < -0.3 is 0 Å². The molecule has 3 rings (SSSR count). The van der Waals surface area contributed by atoms with Gasteiger partial charge in [-0.3, -0.25) is 4.18 Å². The van der Waals surface area contributed by atoms with Crippen molar-refractivity contribution in [3.05, 3.63) is 53.0 Å². The van der Waals surface area contributed by atoms with Crippen LogP contribution in [-0.4, -0.2) is 14.5 Å². The summed E-state index contributed by atoms with van der Waals surface area (Å²) < 4.78 is 30.8. The van der Waals surface area contributed by atoms with Gasteiger partial charge in [0, 0.05) is 10.4 Å². The fourth-order valence-electron chi connectivity index (χ4n) is 3.08. The number of benzene rings is 1. The number of fused-ring (bicyclic) bond motifs is 2. The minimum Gasteiger partial charge on any atom is -0.262 e. The monoisotopic (exact) mass is 354 g/mol. The number of rotatable bonds is 3. The zero-order valence-corrected chi connectivity index (χ0v) is 13.3. The molecule has 0 saturated heterocycles. The minimum absolute atomic E-state index is 0.0951. The van der Waals surface area contributed by atoms with Gasteiger partial charge in [0.1, 0.15) is 0 Å². The van der Waals surface area contributed by atoms with E-state index in [1.54, 1.807) is 24.3 Å². The smallest absolute Gasteiger partial charge is 0.262 e. The van der Waals surface area contributed by atoms with Crippen molar-refractivity contribution >= 4 is 26.0 Å². The van der Waals surface area contributed by atoms with Crippen LogP contribution in [0, 0.1) is 11.8 Å². The Hall–Kier alpha value is -0.910. The second-order valence-electron chi connectivity index (χ2n) is 5.37. The molecule has 3 atom stereocenters. The fourth-order valence-corrected chi connectivity index (χ4v) is 4.46. The lowest BCUT2D eigenvalue weighted by atomic mass is 9.90. The summed E-state index contributed by atoms with van der Waals surface area (Å²) >= 11 is 3.28. The second kappa shape index (κ2) is 4.83. The Morgan fingerprint density at radius 1 is 1.10 bits per heavy atom. The largest absolute Gasteiger partial charge is 0.297 e.